The van der Waals surface area contributed by atoms with E-state index in [9.17, 15) is 9.59 Å². The van der Waals surface area contributed by atoms with Crippen LogP contribution in [0.15, 0.2) is 0 Å². The van der Waals surface area contributed by atoms with Crippen molar-refractivity contribution in [3.05, 3.63) is 0 Å². The monoisotopic (exact) mass is 311 g/mol. The molecule has 0 aromatic heterocycles. The predicted molar refractivity (Wildman–Crippen MR) is 93.7 cm³/mol. The van der Waals surface area contributed by atoms with Gasteiger partial charge in [-0.3, -0.25) is 14.5 Å². The summed E-state index contributed by atoms with van der Waals surface area (Å²) in [5, 5.41) is 0. The average molecular weight is 312 g/mol. The summed E-state index contributed by atoms with van der Waals surface area (Å²) in [4.78, 5) is 24.6. The second-order valence-corrected chi connectivity index (χ2v) is 6.46. The first-order valence-electron chi connectivity index (χ1n) is 9.42. The van der Waals surface area contributed by atoms with Gasteiger partial charge in [-0.1, -0.05) is 85.5 Å². The maximum absolute atomic E-state index is 11.6. The molecule has 0 radical (unpaired) electrons. The smallest absolute Gasteiger partial charge is 0.232 e. The fraction of sp³-hybridized carbons (Fsp3) is 0.895. The molecular formula is C19H37NO2. The zero-order valence-electron chi connectivity index (χ0n) is 15.3. The van der Waals surface area contributed by atoms with Crippen molar-refractivity contribution in [2.45, 2.75) is 98.3 Å². The van der Waals surface area contributed by atoms with Gasteiger partial charge in [0.15, 0.2) is 0 Å². The molecule has 0 aromatic rings. The number of hydrogen-bond acceptors (Lipinski definition) is 2. The van der Waals surface area contributed by atoms with Gasteiger partial charge in [0.2, 0.25) is 11.8 Å². The Balaban J connectivity index is 0.000000763. The molecule has 22 heavy (non-hydrogen) atoms. The highest BCUT2D eigenvalue weighted by Crippen LogP contribution is 2.19. The van der Waals surface area contributed by atoms with Gasteiger partial charge in [-0.05, 0) is 6.42 Å². The zero-order valence-corrected chi connectivity index (χ0v) is 15.3. The van der Waals surface area contributed by atoms with E-state index in [-0.39, 0.29) is 17.7 Å². The van der Waals surface area contributed by atoms with Crippen molar-refractivity contribution in [3.63, 3.8) is 0 Å². The molecule has 3 heteroatoms. The normalized spacial score (nSPS) is 17.6. The molecule has 0 aliphatic carbocycles. The lowest BCUT2D eigenvalue weighted by Gasteiger charge is -2.13. The summed E-state index contributed by atoms with van der Waals surface area (Å²) in [7, 11) is 0. The Morgan fingerprint density at radius 1 is 0.818 bits per heavy atom. The van der Waals surface area contributed by atoms with E-state index >= 15 is 0 Å². The topological polar surface area (TPSA) is 37.4 Å². The van der Waals surface area contributed by atoms with Gasteiger partial charge in [-0.2, -0.15) is 0 Å². The van der Waals surface area contributed by atoms with Gasteiger partial charge in [0.05, 0.1) is 0 Å². The lowest BCUT2D eigenvalue weighted by Crippen LogP contribution is -2.31. The van der Waals surface area contributed by atoms with Gasteiger partial charge in [-0.15, -0.1) is 0 Å². The molecule has 1 heterocycles. The molecule has 0 aromatic carbocycles. The Labute approximate surface area is 137 Å². The van der Waals surface area contributed by atoms with Crippen LogP contribution in [0.25, 0.3) is 0 Å². The minimum atomic E-state index is -0.0907. The third-order valence-electron chi connectivity index (χ3n) is 4.16. The van der Waals surface area contributed by atoms with E-state index in [1.807, 2.05) is 6.92 Å². The minimum absolute atomic E-state index is 0.0217. The summed E-state index contributed by atoms with van der Waals surface area (Å²) in [5.41, 5.74) is 0. The number of amides is 2. The molecule has 0 spiro atoms. The standard InChI is InChI=1S/C14H25NO2.C5H12/c1-3-4-5-6-7-8-9-10-15-13(16)11-12(2)14(15)17;1-3-5-4-2/h12H,3-11H2,1-2H3;3-5H2,1-2H3. The molecule has 1 unspecified atom stereocenters. The Kier molecular flexibility index (Phi) is 13.2. The molecule has 3 nitrogen and oxygen atoms in total. The highest BCUT2D eigenvalue weighted by Gasteiger charge is 2.34. The van der Waals surface area contributed by atoms with Gasteiger partial charge in [0, 0.05) is 18.9 Å². The third-order valence-corrected chi connectivity index (χ3v) is 4.16. The van der Waals surface area contributed by atoms with E-state index in [0.29, 0.717) is 13.0 Å². The van der Waals surface area contributed by atoms with Crippen LogP contribution in [-0.4, -0.2) is 23.3 Å². The van der Waals surface area contributed by atoms with E-state index in [0.717, 1.165) is 12.8 Å². The van der Waals surface area contributed by atoms with Crippen molar-refractivity contribution in [1.82, 2.24) is 4.90 Å². The maximum Gasteiger partial charge on any atom is 0.232 e. The van der Waals surface area contributed by atoms with Crippen molar-refractivity contribution in [2.24, 2.45) is 5.92 Å². The maximum atomic E-state index is 11.6. The molecular weight excluding hydrogens is 274 g/mol. The van der Waals surface area contributed by atoms with E-state index in [1.54, 1.807) is 0 Å². The number of carbonyl (C=O) groups is 2. The fourth-order valence-electron chi connectivity index (χ4n) is 2.66. The van der Waals surface area contributed by atoms with Gasteiger partial charge < -0.3 is 0 Å². The first kappa shape index (κ1) is 21.1. The van der Waals surface area contributed by atoms with Crippen LogP contribution in [0, 0.1) is 5.92 Å². The summed E-state index contributed by atoms with van der Waals surface area (Å²) in [5.74, 6) is -0.0403. The van der Waals surface area contributed by atoms with Crippen molar-refractivity contribution in [3.8, 4) is 0 Å². The number of nitrogens with zero attached hydrogens (tertiary/aromatic N) is 1. The third kappa shape index (κ3) is 9.22. The van der Waals surface area contributed by atoms with Crippen LogP contribution in [0.5, 0.6) is 0 Å². The van der Waals surface area contributed by atoms with Gasteiger partial charge >= 0.3 is 0 Å². The molecule has 0 saturated carbocycles. The molecule has 1 saturated heterocycles. The molecule has 1 rings (SSSR count). The first-order valence-corrected chi connectivity index (χ1v) is 9.42. The van der Waals surface area contributed by atoms with E-state index in [4.69, 9.17) is 0 Å². The van der Waals surface area contributed by atoms with Crippen LogP contribution in [0.1, 0.15) is 98.3 Å². The molecule has 1 fully saturated rings. The molecule has 1 atom stereocenters. The summed E-state index contributed by atoms with van der Waals surface area (Å²) < 4.78 is 0. The Bertz CT molecular complexity index is 300. The molecule has 1 aliphatic heterocycles. The molecule has 0 bridgehead atoms. The summed E-state index contributed by atoms with van der Waals surface area (Å²) in [6, 6.07) is 0. The van der Waals surface area contributed by atoms with Gasteiger partial charge in [0.1, 0.15) is 0 Å². The Morgan fingerprint density at radius 3 is 1.73 bits per heavy atom. The lowest BCUT2D eigenvalue weighted by atomic mass is 10.1. The highest BCUT2D eigenvalue weighted by atomic mass is 16.2. The SMILES string of the molecule is CCCCC.CCCCCCCCCN1C(=O)CC(C)C1=O. The zero-order chi connectivity index (χ0) is 16.8. The first-order chi connectivity index (χ1) is 10.6. The molecule has 130 valence electrons. The van der Waals surface area contributed by atoms with Crippen LogP contribution in [-0.2, 0) is 9.59 Å². The summed E-state index contributed by atoms with van der Waals surface area (Å²) in [6.07, 6.45) is 13.0. The van der Waals surface area contributed by atoms with Crippen molar-refractivity contribution in [2.75, 3.05) is 6.54 Å². The molecule has 2 amide bonds. The fourth-order valence-corrected chi connectivity index (χ4v) is 2.66. The molecule has 1 aliphatic rings. The minimum Gasteiger partial charge on any atom is -0.282 e. The van der Waals surface area contributed by atoms with Crippen LogP contribution < -0.4 is 0 Å². The quantitative estimate of drug-likeness (QED) is 0.404. The molecule has 0 N–H and O–H groups in total. The number of likely N-dealkylation sites (tertiary alicyclic amines) is 1. The van der Waals surface area contributed by atoms with Crippen molar-refractivity contribution >= 4 is 11.8 Å². The van der Waals surface area contributed by atoms with Crippen LogP contribution in [0.3, 0.4) is 0 Å². The van der Waals surface area contributed by atoms with E-state index in [1.165, 1.54) is 56.3 Å². The van der Waals surface area contributed by atoms with E-state index in [2.05, 4.69) is 20.8 Å². The highest BCUT2D eigenvalue weighted by molar-refractivity contribution is 6.03. The van der Waals surface area contributed by atoms with Crippen LogP contribution >= 0.6 is 0 Å². The van der Waals surface area contributed by atoms with Crippen molar-refractivity contribution < 1.29 is 9.59 Å². The second-order valence-electron chi connectivity index (χ2n) is 6.46. The second kappa shape index (κ2) is 13.8. The Morgan fingerprint density at radius 2 is 1.32 bits per heavy atom. The number of unbranched alkanes of at least 4 members (excludes halogenated alkanes) is 8. The summed E-state index contributed by atoms with van der Waals surface area (Å²) in [6.45, 7) is 9.11. The van der Waals surface area contributed by atoms with Crippen LogP contribution in [0.4, 0.5) is 0 Å². The van der Waals surface area contributed by atoms with Crippen molar-refractivity contribution in [1.29, 1.82) is 0 Å². The van der Waals surface area contributed by atoms with Gasteiger partial charge in [0.25, 0.3) is 0 Å². The number of rotatable bonds is 10. The largest absolute Gasteiger partial charge is 0.282 e. The predicted octanol–water partition coefficient (Wildman–Crippen LogP) is 5.33. The lowest BCUT2D eigenvalue weighted by molar-refractivity contribution is -0.139. The average Bonchev–Trinajstić information content (AvgIpc) is 2.73. The summed E-state index contributed by atoms with van der Waals surface area (Å²) >= 11 is 0. The Hall–Kier alpha value is -0.860. The van der Waals surface area contributed by atoms with E-state index < -0.39 is 0 Å². The number of carbonyl (C=O) groups excluding carboxylic acids is 2. The van der Waals surface area contributed by atoms with Gasteiger partial charge in [-0.25, -0.2) is 0 Å². The number of hydrogen-bond donors (Lipinski definition) is 0. The van der Waals surface area contributed by atoms with Crippen LogP contribution in [0.2, 0.25) is 0 Å². The number of imide groups is 1.